The van der Waals surface area contributed by atoms with Gasteiger partial charge >= 0.3 is 0 Å². The molecule has 1 rings (SSSR count). The van der Waals surface area contributed by atoms with Gasteiger partial charge < -0.3 is 22.1 Å². The van der Waals surface area contributed by atoms with Crippen LogP contribution in [-0.4, -0.2) is 42.2 Å². The summed E-state index contributed by atoms with van der Waals surface area (Å²) in [6.07, 6.45) is 1.38. The highest BCUT2D eigenvalue weighted by Crippen LogP contribution is 2.11. The highest BCUT2D eigenvalue weighted by Gasteiger charge is 2.27. The molecule has 0 heterocycles. The first-order valence-corrected chi connectivity index (χ1v) is 9.42. The second-order valence-corrected chi connectivity index (χ2v) is 7.12. The summed E-state index contributed by atoms with van der Waals surface area (Å²) < 4.78 is 0. The standard InChI is InChI=1S/C20H31N5O3/c1-13(2)12-17(24-14(3)26)19(28)25-16(10-7-11-23-20(21)22)18(27)15-8-5-4-6-9-15/h4-6,8-9,13,16-17H,7,10-12H2,1-3H3,(H,24,26)(H,25,28)(H4,21,22,23)/t16-,17+/m1/s1. The number of amides is 2. The van der Waals surface area contributed by atoms with Gasteiger partial charge in [-0.1, -0.05) is 44.2 Å². The summed E-state index contributed by atoms with van der Waals surface area (Å²) in [7, 11) is 0. The van der Waals surface area contributed by atoms with Crippen molar-refractivity contribution in [2.75, 3.05) is 6.54 Å². The minimum absolute atomic E-state index is 0.0161. The van der Waals surface area contributed by atoms with Gasteiger partial charge in [-0.05, 0) is 25.2 Å². The Labute approximate surface area is 166 Å². The van der Waals surface area contributed by atoms with E-state index in [1.807, 2.05) is 19.9 Å². The summed E-state index contributed by atoms with van der Waals surface area (Å²) in [5, 5.41) is 5.46. The molecule has 0 radical (unpaired) electrons. The second-order valence-electron chi connectivity index (χ2n) is 7.12. The van der Waals surface area contributed by atoms with E-state index < -0.39 is 12.1 Å². The van der Waals surface area contributed by atoms with Gasteiger partial charge in [0, 0.05) is 19.0 Å². The molecule has 2 atom stereocenters. The lowest BCUT2D eigenvalue weighted by Crippen LogP contribution is -2.51. The number of nitrogens with zero attached hydrogens (tertiary/aromatic N) is 1. The second kappa shape index (κ2) is 11.7. The average Bonchev–Trinajstić information content (AvgIpc) is 2.62. The number of hydrogen-bond acceptors (Lipinski definition) is 4. The van der Waals surface area contributed by atoms with E-state index in [4.69, 9.17) is 11.5 Å². The Bertz CT molecular complexity index is 684. The molecular formula is C20H31N5O3. The molecule has 2 amide bonds. The summed E-state index contributed by atoms with van der Waals surface area (Å²) in [5.74, 6) is -0.672. The van der Waals surface area contributed by atoms with Crippen LogP contribution in [0.4, 0.5) is 0 Å². The van der Waals surface area contributed by atoms with Crippen LogP contribution in [0, 0.1) is 5.92 Å². The number of guanidine groups is 1. The molecule has 0 bridgehead atoms. The smallest absolute Gasteiger partial charge is 0.243 e. The highest BCUT2D eigenvalue weighted by molar-refractivity contribution is 6.02. The lowest BCUT2D eigenvalue weighted by molar-refractivity contribution is -0.128. The maximum absolute atomic E-state index is 12.9. The van der Waals surface area contributed by atoms with Crippen LogP contribution in [0.3, 0.4) is 0 Å². The van der Waals surface area contributed by atoms with E-state index in [0.29, 0.717) is 31.4 Å². The molecule has 8 heteroatoms. The number of carbonyl (C=O) groups excluding carboxylic acids is 3. The van der Waals surface area contributed by atoms with Crippen LogP contribution in [0.1, 0.15) is 50.4 Å². The van der Waals surface area contributed by atoms with E-state index in [9.17, 15) is 14.4 Å². The molecule has 6 N–H and O–H groups in total. The number of benzene rings is 1. The average molecular weight is 390 g/mol. The third-order valence-electron chi connectivity index (χ3n) is 4.04. The number of hydrogen-bond donors (Lipinski definition) is 4. The van der Waals surface area contributed by atoms with Gasteiger partial charge in [-0.2, -0.15) is 0 Å². The number of rotatable bonds is 11. The Kier molecular flexibility index (Phi) is 9.70. The summed E-state index contributed by atoms with van der Waals surface area (Å²) >= 11 is 0. The van der Waals surface area contributed by atoms with Crippen LogP contribution in [0.25, 0.3) is 0 Å². The first-order chi connectivity index (χ1) is 13.2. The molecule has 154 valence electrons. The van der Waals surface area contributed by atoms with Crippen molar-refractivity contribution >= 4 is 23.6 Å². The van der Waals surface area contributed by atoms with Crippen molar-refractivity contribution in [2.45, 2.75) is 52.1 Å². The fraction of sp³-hybridized carbons (Fsp3) is 0.500. The van der Waals surface area contributed by atoms with Crippen molar-refractivity contribution in [3.05, 3.63) is 35.9 Å². The zero-order valence-electron chi connectivity index (χ0n) is 16.8. The van der Waals surface area contributed by atoms with Crippen LogP contribution in [-0.2, 0) is 9.59 Å². The predicted molar refractivity (Wildman–Crippen MR) is 110 cm³/mol. The van der Waals surface area contributed by atoms with Gasteiger partial charge in [0.15, 0.2) is 11.7 Å². The van der Waals surface area contributed by atoms with Crippen molar-refractivity contribution in [1.82, 2.24) is 10.6 Å². The minimum atomic E-state index is -0.729. The lowest BCUT2D eigenvalue weighted by Gasteiger charge is -2.23. The van der Waals surface area contributed by atoms with E-state index in [1.54, 1.807) is 24.3 Å². The molecule has 0 aliphatic heterocycles. The van der Waals surface area contributed by atoms with Crippen molar-refractivity contribution < 1.29 is 14.4 Å². The molecule has 1 aromatic rings. The van der Waals surface area contributed by atoms with E-state index >= 15 is 0 Å². The van der Waals surface area contributed by atoms with Gasteiger partial charge in [0.25, 0.3) is 0 Å². The fourth-order valence-electron chi connectivity index (χ4n) is 2.80. The molecule has 0 saturated carbocycles. The molecule has 0 spiro atoms. The van der Waals surface area contributed by atoms with Crippen LogP contribution in [0.15, 0.2) is 35.3 Å². The minimum Gasteiger partial charge on any atom is -0.370 e. The zero-order chi connectivity index (χ0) is 21.1. The van der Waals surface area contributed by atoms with Crippen molar-refractivity contribution in [3.8, 4) is 0 Å². The Morgan fingerprint density at radius 2 is 1.68 bits per heavy atom. The van der Waals surface area contributed by atoms with Gasteiger partial charge in [0.1, 0.15) is 6.04 Å². The maximum atomic E-state index is 12.9. The molecule has 0 aliphatic rings. The van der Waals surface area contributed by atoms with Crippen molar-refractivity contribution in [2.24, 2.45) is 22.4 Å². The Morgan fingerprint density at radius 1 is 1.04 bits per heavy atom. The van der Waals surface area contributed by atoms with Gasteiger partial charge in [0.05, 0.1) is 6.04 Å². The summed E-state index contributed by atoms with van der Waals surface area (Å²) in [6.45, 7) is 5.65. The molecule has 0 unspecified atom stereocenters. The van der Waals surface area contributed by atoms with E-state index in [1.165, 1.54) is 6.92 Å². The quantitative estimate of drug-likeness (QED) is 0.193. The van der Waals surface area contributed by atoms with Gasteiger partial charge in [-0.25, -0.2) is 0 Å². The molecule has 0 fully saturated rings. The molecular weight excluding hydrogens is 358 g/mol. The van der Waals surface area contributed by atoms with Gasteiger partial charge in [-0.15, -0.1) is 0 Å². The van der Waals surface area contributed by atoms with Crippen molar-refractivity contribution in [1.29, 1.82) is 0 Å². The number of aliphatic imine (C=N–C) groups is 1. The number of nitrogens with one attached hydrogen (secondary N) is 2. The SMILES string of the molecule is CC(=O)N[C@@H](CC(C)C)C(=O)N[C@H](CCCN=C(N)N)C(=O)c1ccccc1. The Hall–Kier alpha value is -2.90. The van der Waals surface area contributed by atoms with Gasteiger partial charge in [0.2, 0.25) is 11.8 Å². The lowest BCUT2D eigenvalue weighted by atomic mass is 9.98. The number of Topliss-reactive ketones (excluding diaryl/α,β-unsaturated/α-hetero) is 1. The van der Waals surface area contributed by atoms with E-state index in [2.05, 4.69) is 15.6 Å². The summed E-state index contributed by atoms with van der Waals surface area (Å²) in [6, 6.07) is 7.34. The van der Waals surface area contributed by atoms with Crippen LogP contribution < -0.4 is 22.1 Å². The van der Waals surface area contributed by atoms with E-state index in [-0.39, 0.29) is 29.5 Å². The highest BCUT2D eigenvalue weighted by atomic mass is 16.2. The number of carbonyl (C=O) groups is 3. The first-order valence-electron chi connectivity index (χ1n) is 9.42. The zero-order valence-corrected chi connectivity index (χ0v) is 16.8. The number of nitrogens with two attached hydrogens (primary N) is 2. The van der Waals surface area contributed by atoms with Crippen molar-refractivity contribution in [3.63, 3.8) is 0 Å². The molecule has 1 aromatic carbocycles. The Morgan fingerprint density at radius 3 is 2.21 bits per heavy atom. The molecule has 0 aliphatic carbocycles. The topological polar surface area (TPSA) is 140 Å². The van der Waals surface area contributed by atoms with Crippen LogP contribution >= 0.6 is 0 Å². The molecule has 0 saturated heterocycles. The normalized spacial score (nSPS) is 12.7. The monoisotopic (exact) mass is 389 g/mol. The largest absolute Gasteiger partial charge is 0.370 e. The summed E-state index contributed by atoms with van der Waals surface area (Å²) in [4.78, 5) is 41.0. The fourth-order valence-corrected chi connectivity index (χ4v) is 2.80. The summed E-state index contributed by atoms with van der Waals surface area (Å²) in [5.41, 5.74) is 11.2. The maximum Gasteiger partial charge on any atom is 0.243 e. The van der Waals surface area contributed by atoms with E-state index in [0.717, 1.165) is 0 Å². The molecule has 8 nitrogen and oxygen atoms in total. The number of ketones is 1. The third kappa shape index (κ3) is 8.66. The molecule has 28 heavy (non-hydrogen) atoms. The van der Waals surface area contributed by atoms with Gasteiger partial charge in [-0.3, -0.25) is 19.4 Å². The van der Waals surface area contributed by atoms with Crippen LogP contribution in [0.5, 0.6) is 0 Å². The van der Waals surface area contributed by atoms with Crippen LogP contribution in [0.2, 0.25) is 0 Å². The Balaban J connectivity index is 2.92. The first kappa shape index (κ1) is 23.1. The predicted octanol–water partition coefficient (Wildman–Crippen LogP) is 0.959. The third-order valence-corrected chi connectivity index (χ3v) is 4.04. The molecule has 0 aromatic heterocycles.